The molecule has 1 aromatic rings. The number of aromatic amines is 1. The van der Waals surface area contributed by atoms with E-state index in [1.54, 1.807) is 6.07 Å². The fourth-order valence-electron chi connectivity index (χ4n) is 1.38. The van der Waals surface area contributed by atoms with Crippen molar-refractivity contribution in [2.24, 2.45) is 0 Å². The topological polar surface area (TPSA) is 62.0 Å². The van der Waals surface area contributed by atoms with E-state index >= 15 is 0 Å². The Morgan fingerprint density at radius 1 is 1.47 bits per heavy atom. The Kier molecular flexibility index (Phi) is 4.35. The van der Waals surface area contributed by atoms with E-state index in [2.05, 4.69) is 32.9 Å². The van der Waals surface area contributed by atoms with Crippen LogP contribution in [0.25, 0.3) is 0 Å². The van der Waals surface area contributed by atoms with Crippen LogP contribution in [0, 0.1) is 3.57 Å². The van der Waals surface area contributed by atoms with Crippen LogP contribution < -0.4 is 10.9 Å². The molecule has 5 heteroatoms. The number of carbonyl (C=O) groups excluding carboxylic acids is 1. The summed E-state index contributed by atoms with van der Waals surface area (Å²) in [7, 11) is 0. The van der Waals surface area contributed by atoms with E-state index in [4.69, 9.17) is 0 Å². The molecule has 1 amide bonds. The number of H-pyrrole nitrogens is 1. The Hall–Kier alpha value is -0.850. The van der Waals surface area contributed by atoms with Gasteiger partial charge in [-0.05, 0) is 55.8 Å². The second-order valence-corrected chi connectivity index (χ2v) is 6.06. The first-order chi connectivity index (χ1) is 7.74. The van der Waals surface area contributed by atoms with E-state index in [1.807, 2.05) is 27.7 Å². The molecule has 17 heavy (non-hydrogen) atoms. The lowest BCUT2D eigenvalue weighted by atomic mass is 10.1. The van der Waals surface area contributed by atoms with Crippen LogP contribution in [0.5, 0.6) is 0 Å². The van der Waals surface area contributed by atoms with Crippen LogP contribution in [0.2, 0.25) is 0 Å². The summed E-state index contributed by atoms with van der Waals surface area (Å²) in [5, 5.41) is 2.78. The largest absolute Gasteiger partial charge is 0.347 e. The highest BCUT2D eigenvalue weighted by Gasteiger charge is 2.18. The van der Waals surface area contributed by atoms with Crippen LogP contribution in [-0.2, 0) is 6.42 Å². The third kappa shape index (κ3) is 3.83. The second-order valence-electron chi connectivity index (χ2n) is 4.90. The van der Waals surface area contributed by atoms with Gasteiger partial charge in [0.2, 0.25) is 0 Å². The van der Waals surface area contributed by atoms with E-state index in [1.165, 1.54) is 0 Å². The zero-order chi connectivity index (χ0) is 13.2. The molecule has 0 atom stereocenters. The van der Waals surface area contributed by atoms with Gasteiger partial charge in [0.15, 0.2) is 0 Å². The van der Waals surface area contributed by atoms with Gasteiger partial charge in [-0.2, -0.15) is 0 Å². The van der Waals surface area contributed by atoms with Gasteiger partial charge < -0.3 is 10.3 Å². The van der Waals surface area contributed by atoms with Crippen LogP contribution in [0.3, 0.4) is 0 Å². The lowest BCUT2D eigenvalue weighted by Crippen LogP contribution is -2.42. The van der Waals surface area contributed by atoms with Crippen molar-refractivity contribution >= 4 is 28.5 Å². The summed E-state index contributed by atoms with van der Waals surface area (Å²) in [5.41, 5.74) is 0.353. The fraction of sp³-hybridized carbons (Fsp3) is 0.500. The molecule has 0 fully saturated rings. The Bertz CT molecular complexity index is 486. The van der Waals surface area contributed by atoms with Gasteiger partial charge in [-0.25, -0.2) is 0 Å². The normalized spacial score (nSPS) is 11.4. The van der Waals surface area contributed by atoms with Gasteiger partial charge >= 0.3 is 0 Å². The SMILES string of the molecule is CCc1[nH]c(=O)c(C(=O)NC(C)(C)C)cc1I. The zero-order valence-electron chi connectivity index (χ0n) is 10.5. The maximum atomic E-state index is 11.9. The van der Waals surface area contributed by atoms with Crippen molar-refractivity contribution < 1.29 is 4.79 Å². The van der Waals surface area contributed by atoms with Crippen LogP contribution in [0.4, 0.5) is 0 Å². The number of nitrogens with one attached hydrogen (secondary N) is 2. The Labute approximate surface area is 114 Å². The molecule has 94 valence electrons. The van der Waals surface area contributed by atoms with Crippen molar-refractivity contribution in [2.75, 3.05) is 0 Å². The van der Waals surface area contributed by atoms with Crippen LogP contribution in [0.1, 0.15) is 43.7 Å². The molecule has 4 nitrogen and oxygen atoms in total. The van der Waals surface area contributed by atoms with Crippen molar-refractivity contribution in [1.29, 1.82) is 0 Å². The van der Waals surface area contributed by atoms with Crippen LogP contribution >= 0.6 is 22.6 Å². The lowest BCUT2D eigenvalue weighted by molar-refractivity contribution is 0.0918. The zero-order valence-corrected chi connectivity index (χ0v) is 12.6. The Balaban J connectivity index is 3.12. The molecular formula is C12H17IN2O2. The smallest absolute Gasteiger partial charge is 0.261 e. The average Bonchev–Trinajstić information content (AvgIpc) is 2.18. The molecule has 1 rings (SSSR count). The number of aryl methyl sites for hydroxylation is 1. The molecule has 0 aliphatic heterocycles. The maximum absolute atomic E-state index is 11.9. The third-order valence-corrected chi connectivity index (χ3v) is 3.12. The summed E-state index contributed by atoms with van der Waals surface area (Å²) in [4.78, 5) is 26.4. The Morgan fingerprint density at radius 2 is 2.06 bits per heavy atom. The molecule has 1 heterocycles. The van der Waals surface area contributed by atoms with Crippen molar-refractivity contribution in [3.63, 3.8) is 0 Å². The molecule has 0 saturated heterocycles. The van der Waals surface area contributed by atoms with Crippen LogP contribution in [0.15, 0.2) is 10.9 Å². The highest BCUT2D eigenvalue weighted by atomic mass is 127. The number of rotatable bonds is 2. The molecular weight excluding hydrogens is 331 g/mol. The van der Waals surface area contributed by atoms with E-state index < -0.39 is 0 Å². The molecule has 0 aromatic carbocycles. The summed E-state index contributed by atoms with van der Waals surface area (Å²) in [6.07, 6.45) is 0.745. The molecule has 0 saturated carbocycles. The van der Waals surface area contributed by atoms with E-state index in [-0.39, 0.29) is 22.6 Å². The minimum absolute atomic E-state index is 0.168. The molecule has 0 aliphatic carbocycles. The molecule has 0 spiro atoms. The number of hydrogen-bond donors (Lipinski definition) is 2. The van der Waals surface area contributed by atoms with Gasteiger partial charge in [0.25, 0.3) is 11.5 Å². The molecule has 1 aromatic heterocycles. The standard InChI is InChI=1S/C12H17IN2O2/c1-5-9-8(13)6-7(10(16)14-9)11(17)15-12(2,3)4/h6H,5H2,1-4H3,(H,14,16)(H,15,17). The van der Waals surface area contributed by atoms with Crippen molar-refractivity contribution in [3.05, 3.63) is 31.2 Å². The average molecular weight is 348 g/mol. The number of halogens is 1. The van der Waals surface area contributed by atoms with E-state index in [0.717, 1.165) is 15.7 Å². The number of amides is 1. The lowest BCUT2D eigenvalue weighted by Gasteiger charge is -2.20. The van der Waals surface area contributed by atoms with Gasteiger partial charge in [0.05, 0.1) is 0 Å². The van der Waals surface area contributed by atoms with Gasteiger partial charge in [-0.3, -0.25) is 9.59 Å². The molecule has 0 unspecified atom stereocenters. The molecule has 2 N–H and O–H groups in total. The van der Waals surface area contributed by atoms with Crippen molar-refractivity contribution in [2.45, 2.75) is 39.7 Å². The minimum Gasteiger partial charge on any atom is -0.347 e. The van der Waals surface area contributed by atoms with Gasteiger partial charge in [-0.15, -0.1) is 0 Å². The predicted octanol–water partition coefficient (Wildman–Crippen LogP) is 2.07. The maximum Gasteiger partial charge on any atom is 0.261 e. The summed E-state index contributed by atoms with van der Waals surface area (Å²) < 4.78 is 0.906. The van der Waals surface area contributed by atoms with E-state index in [0.29, 0.717) is 0 Å². The van der Waals surface area contributed by atoms with Gasteiger partial charge in [0, 0.05) is 14.8 Å². The summed E-state index contributed by atoms with van der Waals surface area (Å²) in [5.74, 6) is -0.334. The fourth-order valence-corrected chi connectivity index (χ4v) is 2.20. The first kappa shape index (κ1) is 14.2. The summed E-state index contributed by atoms with van der Waals surface area (Å²) >= 11 is 2.12. The quantitative estimate of drug-likeness (QED) is 0.804. The number of aromatic nitrogens is 1. The van der Waals surface area contributed by atoms with Gasteiger partial charge in [0.1, 0.15) is 5.56 Å². The summed E-state index contributed by atoms with van der Waals surface area (Å²) in [6.45, 7) is 7.60. The predicted molar refractivity (Wildman–Crippen MR) is 76.4 cm³/mol. The molecule has 0 aliphatic rings. The number of pyridine rings is 1. The van der Waals surface area contributed by atoms with Crippen molar-refractivity contribution in [1.82, 2.24) is 10.3 Å². The van der Waals surface area contributed by atoms with E-state index in [9.17, 15) is 9.59 Å². The molecule has 0 radical (unpaired) electrons. The molecule has 0 bridgehead atoms. The monoisotopic (exact) mass is 348 g/mol. The minimum atomic E-state index is -0.349. The van der Waals surface area contributed by atoms with Gasteiger partial charge in [-0.1, -0.05) is 6.92 Å². The summed E-state index contributed by atoms with van der Waals surface area (Å²) in [6, 6.07) is 1.64. The number of carbonyl (C=O) groups is 1. The highest BCUT2D eigenvalue weighted by Crippen LogP contribution is 2.10. The Morgan fingerprint density at radius 3 is 2.53 bits per heavy atom. The first-order valence-corrected chi connectivity index (χ1v) is 6.56. The van der Waals surface area contributed by atoms with Crippen LogP contribution in [-0.4, -0.2) is 16.4 Å². The number of hydrogen-bond acceptors (Lipinski definition) is 2. The highest BCUT2D eigenvalue weighted by molar-refractivity contribution is 14.1. The second kappa shape index (κ2) is 5.20. The third-order valence-electron chi connectivity index (χ3n) is 2.16. The van der Waals surface area contributed by atoms with Crippen molar-refractivity contribution in [3.8, 4) is 0 Å². The first-order valence-electron chi connectivity index (χ1n) is 5.49.